The fourth-order valence-electron chi connectivity index (χ4n) is 1.57. The van der Waals surface area contributed by atoms with E-state index in [2.05, 4.69) is 5.32 Å². The molecular formula is C14H8Cl2F3NO2. The lowest BCUT2D eigenvalue weighted by molar-refractivity contribution is -0.137. The molecule has 116 valence electrons. The van der Waals surface area contributed by atoms with Gasteiger partial charge >= 0.3 is 12.3 Å². The molecule has 0 heterocycles. The zero-order valence-corrected chi connectivity index (χ0v) is 12.3. The largest absolute Gasteiger partial charge is 0.417 e. The van der Waals surface area contributed by atoms with Crippen LogP contribution >= 0.6 is 23.2 Å². The van der Waals surface area contributed by atoms with Gasteiger partial charge in [0.15, 0.2) is 5.75 Å². The third-order valence-electron chi connectivity index (χ3n) is 2.53. The molecule has 0 bridgehead atoms. The number of alkyl halides is 3. The van der Waals surface area contributed by atoms with Gasteiger partial charge in [0.2, 0.25) is 0 Å². The minimum atomic E-state index is -4.50. The molecule has 2 rings (SSSR count). The third-order valence-corrected chi connectivity index (χ3v) is 3.06. The predicted molar refractivity (Wildman–Crippen MR) is 77.6 cm³/mol. The highest BCUT2D eigenvalue weighted by Crippen LogP contribution is 2.31. The van der Waals surface area contributed by atoms with Crippen LogP contribution in [-0.2, 0) is 6.18 Å². The number of rotatable bonds is 2. The van der Waals surface area contributed by atoms with Gasteiger partial charge in [0.1, 0.15) is 0 Å². The number of amides is 1. The van der Waals surface area contributed by atoms with Crippen molar-refractivity contribution in [1.29, 1.82) is 0 Å². The molecule has 1 amide bonds. The van der Waals surface area contributed by atoms with Crippen molar-refractivity contribution in [3.63, 3.8) is 0 Å². The number of benzene rings is 2. The fourth-order valence-corrected chi connectivity index (χ4v) is 2.02. The number of halogens is 5. The molecule has 0 saturated heterocycles. The van der Waals surface area contributed by atoms with Gasteiger partial charge in [-0.15, -0.1) is 0 Å². The average molecular weight is 350 g/mol. The Morgan fingerprint density at radius 2 is 1.82 bits per heavy atom. The van der Waals surface area contributed by atoms with Crippen molar-refractivity contribution in [2.75, 3.05) is 5.32 Å². The minimum Gasteiger partial charge on any atom is -0.409 e. The molecule has 0 aromatic heterocycles. The standard InChI is InChI=1S/C14H8Cl2F3NO2/c15-9-4-5-12(11(16)7-9)22-13(21)20-10-3-1-2-8(6-10)14(17,18)19/h1-7H,(H,20,21). The van der Waals surface area contributed by atoms with E-state index in [1.807, 2.05) is 0 Å². The molecule has 0 atom stereocenters. The minimum absolute atomic E-state index is 0.0375. The lowest BCUT2D eigenvalue weighted by atomic mass is 10.2. The number of anilines is 1. The van der Waals surface area contributed by atoms with Gasteiger partial charge in [0.25, 0.3) is 0 Å². The Hall–Kier alpha value is -1.92. The van der Waals surface area contributed by atoms with Crippen LogP contribution in [0.4, 0.5) is 23.7 Å². The predicted octanol–water partition coefficient (Wildman–Crippen LogP) is 5.62. The van der Waals surface area contributed by atoms with E-state index in [0.717, 1.165) is 12.1 Å². The van der Waals surface area contributed by atoms with Crippen molar-refractivity contribution in [2.45, 2.75) is 6.18 Å². The van der Waals surface area contributed by atoms with Crippen molar-refractivity contribution < 1.29 is 22.7 Å². The summed E-state index contributed by atoms with van der Waals surface area (Å²) in [6.45, 7) is 0. The second-order valence-corrected chi connectivity index (χ2v) is 5.01. The highest BCUT2D eigenvalue weighted by Gasteiger charge is 2.30. The van der Waals surface area contributed by atoms with Crippen LogP contribution in [0.15, 0.2) is 42.5 Å². The van der Waals surface area contributed by atoms with Crippen molar-refractivity contribution >= 4 is 35.0 Å². The molecule has 0 radical (unpaired) electrons. The summed E-state index contributed by atoms with van der Waals surface area (Å²) < 4.78 is 42.6. The molecule has 0 unspecified atom stereocenters. The Balaban J connectivity index is 2.09. The summed E-state index contributed by atoms with van der Waals surface area (Å²) in [4.78, 5) is 11.7. The molecule has 0 aliphatic heterocycles. The van der Waals surface area contributed by atoms with Crippen LogP contribution in [-0.4, -0.2) is 6.09 Å². The van der Waals surface area contributed by atoms with Gasteiger partial charge in [0, 0.05) is 10.7 Å². The summed E-state index contributed by atoms with van der Waals surface area (Å²) in [6, 6.07) is 8.37. The second-order valence-electron chi connectivity index (χ2n) is 4.17. The molecule has 0 aliphatic rings. The highest BCUT2D eigenvalue weighted by atomic mass is 35.5. The quantitative estimate of drug-likeness (QED) is 0.763. The fraction of sp³-hybridized carbons (Fsp3) is 0.0714. The lowest BCUT2D eigenvalue weighted by Gasteiger charge is -2.10. The van der Waals surface area contributed by atoms with E-state index in [0.29, 0.717) is 5.02 Å². The van der Waals surface area contributed by atoms with Gasteiger partial charge in [-0.1, -0.05) is 29.3 Å². The van der Waals surface area contributed by atoms with Gasteiger partial charge in [-0.25, -0.2) is 4.79 Å². The van der Waals surface area contributed by atoms with Crippen molar-refractivity contribution in [1.82, 2.24) is 0 Å². The van der Waals surface area contributed by atoms with Crippen LogP contribution in [0.25, 0.3) is 0 Å². The normalized spacial score (nSPS) is 11.1. The van der Waals surface area contributed by atoms with E-state index < -0.39 is 17.8 Å². The molecule has 0 aliphatic carbocycles. The Morgan fingerprint density at radius 3 is 2.45 bits per heavy atom. The molecule has 1 N–H and O–H groups in total. The summed E-state index contributed by atoms with van der Waals surface area (Å²) in [6.07, 6.45) is -5.47. The summed E-state index contributed by atoms with van der Waals surface area (Å²) in [5.41, 5.74) is -0.931. The van der Waals surface area contributed by atoms with Gasteiger partial charge in [-0.2, -0.15) is 13.2 Å². The van der Waals surface area contributed by atoms with Crippen molar-refractivity contribution in [3.8, 4) is 5.75 Å². The van der Waals surface area contributed by atoms with E-state index in [1.54, 1.807) is 0 Å². The van der Waals surface area contributed by atoms with Crippen molar-refractivity contribution in [2.24, 2.45) is 0 Å². The third kappa shape index (κ3) is 4.29. The maximum absolute atomic E-state index is 12.6. The molecule has 2 aromatic rings. The molecule has 2 aromatic carbocycles. The SMILES string of the molecule is O=C(Nc1cccc(C(F)(F)F)c1)Oc1ccc(Cl)cc1Cl. The summed E-state index contributed by atoms with van der Waals surface area (Å²) >= 11 is 11.5. The summed E-state index contributed by atoms with van der Waals surface area (Å²) in [7, 11) is 0. The van der Waals surface area contributed by atoms with Crippen LogP contribution in [0.2, 0.25) is 10.0 Å². The lowest BCUT2D eigenvalue weighted by Crippen LogP contribution is -2.17. The maximum Gasteiger partial charge on any atom is 0.417 e. The first-order valence-electron chi connectivity index (χ1n) is 5.87. The number of hydrogen-bond donors (Lipinski definition) is 1. The van der Waals surface area contributed by atoms with Crippen LogP contribution in [0.1, 0.15) is 5.56 Å². The zero-order chi connectivity index (χ0) is 16.3. The van der Waals surface area contributed by atoms with E-state index in [1.165, 1.54) is 30.3 Å². The molecule has 0 fully saturated rings. The second kappa shape index (κ2) is 6.46. The molecular weight excluding hydrogens is 342 g/mol. The molecule has 22 heavy (non-hydrogen) atoms. The van der Waals surface area contributed by atoms with Crippen LogP contribution in [0, 0.1) is 0 Å². The van der Waals surface area contributed by atoms with Gasteiger partial charge in [-0.3, -0.25) is 5.32 Å². The smallest absolute Gasteiger partial charge is 0.409 e. The average Bonchev–Trinajstić information content (AvgIpc) is 2.41. The number of hydrogen-bond acceptors (Lipinski definition) is 2. The number of carbonyl (C=O) groups excluding carboxylic acids is 1. The van der Waals surface area contributed by atoms with Gasteiger partial charge in [0.05, 0.1) is 10.6 Å². The number of ether oxygens (including phenoxy) is 1. The number of nitrogens with one attached hydrogen (secondary N) is 1. The molecule has 3 nitrogen and oxygen atoms in total. The van der Waals surface area contributed by atoms with Crippen LogP contribution in [0.3, 0.4) is 0 Å². The van der Waals surface area contributed by atoms with Gasteiger partial charge in [-0.05, 0) is 36.4 Å². The topological polar surface area (TPSA) is 38.3 Å². The summed E-state index contributed by atoms with van der Waals surface area (Å²) in [5, 5.41) is 2.65. The van der Waals surface area contributed by atoms with E-state index in [9.17, 15) is 18.0 Å². The Morgan fingerprint density at radius 1 is 1.09 bits per heavy atom. The van der Waals surface area contributed by atoms with Gasteiger partial charge < -0.3 is 4.74 Å². The molecule has 8 heteroatoms. The molecule has 0 spiro atoms. The van der Waals surface area contributed by atoms with Crippen LogP contribution < -0.4 is 10.1 Å². The Labute approximate surface area is 133 Å². The van der Waals surface area contributed by atoms with E-state index in [4.69, 9.17) is 27.9 Å². The molecule has 0 saturated carbocycles. The van der Waals surface area contributed by atoms with Crippen LogP contribution in [0.5, 0.6) is 5.75 Å². The zero-order valence-electron chi connectivity index (χ0n) is 10.7. The Kier molecular flexibility index (Phi) is 4.83. The van der Waals surface area contributed by atoms with E-state index >= 15 is 0 Å². The number of carbonyl (C=O) groups is 1. The maximum atomic E-state index is 12.6. The first-order chi connectivity index (χ1) is 10.3. The highest BCUT2D eigenvalue weighted by molar-refractivity contribution is 6.35. The monoisotopic (exact) mass is 349 g/mol. The Bertz CT molecular complexity index is 705. The summed E-state index contributed by atoms with van der Waals surface area (Å²) in [5.74, 6) is 0.0375. The van der Waals surface area contributed by atoms with Crippen molar-refractivity contribution in [3.05, 3.63) is 58.1 Å². The first kappa shape index (κ1) is 16.5. The first-order valence-corrected chi connectivity index (χ1v) is 6.62. The van der Waals surface area contributed by atoms with E-state index in [-0.39, 0.29) is 16.5 Å².